The molecule has 4 heterocycles. The highest BCUT2D eigenvalue weighted by molar-refractivity contribution is 7.08. The second kappa shape index (κ2) is 6.31. The Balaban J connectivity index is 1.42. The molecular weight excluding hydrogens is 374 g/mol. The average Bonchev–Trinajstić information content (AvgIpc) is 3.41. The van der Waals surface area contributed by atoms with Gasteiger partial charge in [-0.3, -0.25) is 0 Å². The first kappa shape index (κ1) is 15.7. The Morgan fingerprint density at radius 1 is 1.19 bits per heavy atom. The summed E-state index contributed by atoms with van der Waals surface area (Å²) in [5.41, 5.74) is 3.36. The number of hydrogen-bond donors (Lipinski definition) is 0. The molecule has 7 nitrogen and oxygen atoms in total. The SMILES string of the molecule is Clc1ccc([C@@H]2Cn3nnc(-c4nc(-c5ccsc5)no4)c3CO2)cc1. The van der Waals surface area contributed by atoms with Crippen molar-refractivity contribution >= 4 is 22.9 Å². The molecule has 0 amide bonds. The van der Waals surface area contributed by atoms with Crippen molar-refractivity contribution in [1.29, 1.82) is 0 Å². The molecule has 0 saturated heterocycles. The molecule has 5 rings (SSSR count). The number of nitrogens with zero attached hydrogens (tertiary/aromatic N) is 5. The van der Waals surface area contributed by atoms with E-state index in [0.717, 1.165) is 16.8 Å². The van der Waals surface area contributed by atoms with Crippen molar-refractivity contribution in [3.05, 3.63) is 57.4 Å². The zero-order valence-corrected chi connectivity index (χ0v) is 14.9. The van der Waals surface area contributed by atoms with Crippen LogP contribution < -0.4 is 0 Å². The van der Waals surface area contributed by atoms with Crippen molar-refractivity contribution in [3.8, 4) is 23.0 Å². The van der Waals surface area contributed by atoms with Gasteiger partial charge >= 0.3 is 0 Å². The van der Waals surface area contributed by atoms with Crippen LogP contribution in [0.25, 0.3) is 23.0 Å². The van der Waals surface area contributed by atoms with Crippen LogP contribution in [0.2, 0.25) is 5.02 Å². The molecule has 0 fully saturated rings. The average molecular weight is 386 g/mol. The van der Waals surface area contributed by atoms with Gasteiger partial charge in [-0.05, 0) is 29.1 Å². The van der Waals surface area contributed by atoms with Crippen LogP contribution in [0.3, 0.4) is 0 Å². The lowest BCUT2D eigenvalue weighted by molar-refractivity contribution is -0.00117. The molecule has 1 aromatic carbocycles. The van der Waals surface area contributed by atoms with Crippen LogP contribution in [0.15, 0.2) is 45.6 Å². The number of thiophene rings is 1. The summed E-state index contributed by atoms with van der Waals surface area (Å²) >= 11 is 7.53. The van der Waals surface area contributed by atoms with Crippen LogP contribution in [0.1, 0.15) is 17.4 Å². The molecule has 4 aromatic rings. The fraction of sp³-hybridized carbons (Fsp3) is 0.176. The zero-order chi connectivity index (χ0) is 17.5. The topological polar surface area (TPSA) is 78.9 Å². The minimum atomic E-state index is -0.0987. The van der Waals surface area contributed by atoms with Gasteiger partial charge in [0.1, 0.15) is 6.10 Å². The molecule has 26 heavy (non-hydrogen) atoms. The van der Waals surface area contributed by atoms with E-state index in [9.17, 15) is 0 Å². The lowest BCUT2D eigenvalue weighted by Gasteiger charge is -2.24. The van der Waals surface area contributed by atoms with E-state index in [4.69, 9.17) is 20.9 Å². The standard InChI is InChI=1S/C17H12ClN5O2S/c18-12-3-1-10(2-4-12)14-7-23-13(8-24-14)15(20-22-23)17-19-16(21-25-17)11-5-6-26-9-11/h1-6,9,14H,7-8H2/t14-/m0/s1. The minimum absolute atomic E-state index is 0.0987. The predicted molar refractivity (Wildman–Crippen MR) is 95.6 cm³/mol. The van der Waals surface area contributed by atoms with Gasteiger partial charge in [-0.2, -0.15) is 16.3 Å². The van der Waals surface area contributed by atoms with Gasteiger partial charge in [-0.1, -0.05) is 34.1 Å². The summed E-state index contributed by atoms with van der Waals surface area (Å²) in [5, 5.41) is 17.1. The molecule has 0 spiro atoms. The Kier molecular flexibility index (Phi) is 3.81. The highest BCUT2D eigenvalue weighted by atomic mass is 35.5. The van der Waals surface area contributed by atoms with E-state index in [0.29, 0.717) is 35.6 Å². The number of benzene rings is 1. The summed E-state index contributed by atoms with van der Waals surface area (Å²) in [7, 11) is 0. The van der Waals surface area contributed by atoms with Gasteiger partial charge in [0.25, 0.3) is 5.89 Å². The zero-order valence-electron chi connectivity index (χ0n) is 13.4. The highest BCUT2D eigenvalue weighted by Gasteiger charge is 2.28. The van der Waals surface area contributed by atoms with Gasteiger partial charge in [-0.15, -0.1) is 5.10 Å². The lowest BCUT2D eigenvalue weighted by Crippen LogP contribution is -2.22. The first-order valence-corrected chi connectivity index (χ1v) is 9.26. The normalized spacial score (nSPS) is 16.6. The first-order valence-electron chi connectivity index (χ1n) is 7.94. The molecule has 130 valence electrons. The Hall–Kier alpha value is -2.55. The fourth-order valence-electron chi connectivity index (χ4n) is 2.89. The third kappa shape index (κ3) is 2.72. The molecule has 1 atom stereocenters. The van der Waals surface area contributed by atoms with Gasteiger partial charge in [0.15, 0.2) is 5.69 Å². The van der Waals surface area contributed by atoms with E-state index in [1.807, 2.05) is 45.8 Å². The molecule has 0 bridgehead atoms. The maximum absolute atomic E-state index is 6.00. The quantitative estimate of drug-likeness (QED) is 0.530. The minimum Gasteiger partial charge on any atom is -0.365 e. The van der Waals surface area contributed by atoms with Crippen molar-refractivity contribution in [2.75, 3.05) is 0 Å². The summed E-state index contributed by atoms with van der Waals surface area (Å²) in [6.07, 6.45) is -0.0987. The van der Waals surface area contributed by atoms with Crippen LogP contribution in [-0.4, -0.2) is 25.1 Å². The Bertz CT molecular complexity index is 1040. The van der Waals surface area contributed by atoms with Gasteiger partial charge < -0.3 is 9.26 Å². The van der Waals surface area contributed by atoms with Crippen molar-refractivity contribution in [2.45, 2.75) is 19.3 Å². The van der Waals surface area contributed by atoms with Crippen LogP contribution in [0.4, 0.5) is 0 Å². The van der Waals surface area contributed by atoms with Gasteiger partial charge in [-0.25, -0.2) is 4.68 Å². The number of hydrogen-bond acceptors (Lipinski definition) is 7. The predicted octanol–water partition coefficient (Wildman–Crippen LogP) is 3.98. The molecule has 1 aliphatic rings. The van der Waals surface area contributed by atoms with Gasteiger partial charge in [0.2, 0.25) is 5.82 Å². The highest BCUT2D eigenvalue weighted by Crippen LogP contribution is 2.31. The summed E-state index contributed by atoms with van der Waals surface area (Å²) in [6, 6.07) is 9.57. The summed E-state index contributed by atoms with van der Waals surface area (Å²) in [5.74, 6) is 0.889. The maximum atomic E-state index is 6.00. The van der Waals surface area contributed by atoms with Crippen LogP contribution in [0.5, 0.6) is 0 Å². The number of ether oxygens (including phenoxy) is 1. The Morgan fingerprint density at radius 3 is 2.88 bits per heavy atom. The monoisotopic (exact) mass is 385 g/mol. The summed E-state index contributed by atoms with van der Waals surface area (Å²) < 4.78 is 13.2. The summed E-state index contributed by atoms with van der Waals surface area (Å²) in [4.78, 5) is 4.43. The largest absolute Gasteiger partial charge is 0.365 e. The van der Waals surface area contributed by atoms with Crippen molar-refractivity contribution in [3.63, 3.8) is 0 Å². The van der Waals surface area contributed by atoms with E-state index in [1.54, 1.807) is 11.3 Å². The molecule has 3 aromatic heterocycles. The molecule has 9 heteroatoms. The maximum Gasteiger partial charge on any atom is 0.280 e. The van der Waals surface area contributed by atoms with Gasteiger partial charge in [0.05, 0.1) is 18.8 Å². The summed E-state index contributed by atoms with van der Waals surface area (Å²) in [6.45, 7) is 0.932. The Labute approximate surface area is 157 Å². The van der Waals surface area contributed by atoms with E-state index in [1.165, 1.54) is 0 Å². The van der Waals surface area contributed by atoms with Crippen molar-refractivity contribution < 1.29 is 9.26 Å². The molecule has 0 aliphatic carbocycles. The van der Waals surface area contributed by atoms with Crippen molar-refractivity contribution in [2.24, 2.45) is 0 Å². The smallest absolute Gasteiger partial charge is 0.280 e. The Morgan fingerprint density at radius 2 is 2.08 bits per heavy atom. The number of fused-ring (bicyclic) bond motifs is 1. The third-order valence-electron chi connectivity index (χ3n) is 4.25. The molecule has 0 saturated carbocycles. The second-order valence-electron chi connectivity index (χ2n) is 5.85. The van der Waals surface area contributed by atoms with Crippen LogP contribution >= 0.6 is 22.9 Å². The van der Waals surface area contributed by atoms with Crippen molar-refractivity contribution in [1.82, 2.24) is 25.1 Å². The molecule has 1 aliphatic heterocycles. The molecule has 0 N–H and O–H groups in total. The lowest BCUT2D eigenvalue weighted by atomic mass is 10.1. The fourth-order valence-corrected chi connectivity index (χ4v) is 3.65. The molecular formula is C17H12ClN5O2S. The molecule has 0 unspecified atom stereocenters. The van der Waals surface area contributed by atoms with Crippen LogP contribution in [-0.2, 0) is 17.9 Å². The van der Waals surface area contributed by atoms with E-state index in [2.05, 4.69) is 20.5 Å². The number of aromatic nitrogens is 5. The van der Waals surface area contributed by atoms with Crippen LogP contribution in [0, 0.1) is 0 Å². The third-order valence-corrected chi connectivity index (χ3v) is 5.18. The van der Waals surface area contributed by atoms with E-state index < -0.39 is 0 Å². The first-order chi connectivity index (χ1) is 12.8. The second-order valence-corrected chi connectivity index (χ2v) is 7.07. The van der Waals surface area contributed by atoms with E-state index in [-0.39, 0.29) is 6.10 Å². The number of rotatable bonds is 3. The molecule has 0 radical (unpaired) electrons. The number of halogens is 1. The van der Waals surface area contributed by atoms with Gasteiger partial charge in [0, 0.05) is 16.0 Å². The van der Waals surface area contributed by atoms with E-state index >= 15 is 0 Å².